The first-order valence-electron chi connectivity index (χ1n) is 10.3. The molecule has 3 aromatic rings. The van der Waals surface area contributed by atoms with E-state index < -0.39 is 0 Å². The molecule has 2 aromatic carbocycles. The lowest BCUT2D eigenvalue weighted by atomic mass is 10.1. The summed E-state index contributed by atoms with van der Waals surface area (Å²) in [4.78, 5) is 0. The summed E-state index contributed by atoms with van der Waals surface area (Å²) in [6.07, 6.45) is 6.54. The summed E-state index contributed by atoms with van der Waals surface area (Å²) < 4.78 is 19.4. The Labute approximate surface area is 176 Å². The van der Waals surface area contributed by atoms with Crippen molar-refractivity contribution in [2.24, 2.45) is 0 Å². The molecule has 0 N–H and O–H groups in total. The second-order valence-electron chi connectivity index (χ2n) is 7.29. The molecule has 30 heavy (non-hydrogen) atoms. The third-order valence-corrected chi connectivity index (χ3v) is 5.26. The maximum atomic E-state index is 9.00. The zero-order valence-electron chi connectivity index (χ0n) is 17.1. The Morgan fingerprint density at radius 1 is 1.10 bits per heavy atom. The fourth-order valence-electron chi connectivity index (χ4n) is 3.64. The highest BCUT2D eigenvalue weighted by molar-refractivity contribution is 5.39. The molecule has 0 aliphatic carbocycles. The van der Waals surface area contributed by atoms with Crippen LogP contribution in [0, 0.1) is 11.3 Å². The molecule has 1 fully saturated rings. The number of methoxy groups -OCH3 is 1. The molecule has 6 nitrogen and oxygen atoms in total. The van der Waals surface area contributed by atoms with E-state index >= 15 is 0 Å². The van der Waals surface area contributed by atoms with E-state index in [1.807, 2.05) is 29.1 Å². The van der Waals surface area contributed by atoms with Gasteiger partial charge in [-0.05, 0) is 68.0 Å². The molecule has 2 heterocycles. The number of ether oxygens (including phenoxy) is 3. The van der Waals surface area contributed by atoms with Crippen LogP contribution in [0.1, 0.15) is 42.3 Å². The first-order valence-corrected chi connectivity index (χ1v) is 10.3. The highest BCUT2D eigenvalue weighted by Gasteiger charge is 2.20. The second-order valence-corrected chi connectivity index (χ2v) is 7.29. The minimum Gasteiger partial charge on any atom is -0.496 e. The fraction of sp³-hybridized carbons (Fsp3) is 0.333. The number of hydrogen-bond donors (Lipinski definition) is 0. The number of para-hydroxylation sites is 1. The third-order valence-electron chi connectivity index (χ3n) is 5.26. The Bertz CT molecular complexity index is 1010. The Morgan fingerprint density at radius 2 is 1.93 bits per heavy atom. The van der Waals surface area contributed by atoms with Crippen LogP contribution in [-0.4, -0.2) is 23.5 Å². The van der Waals surface area contributed by atoms with Gasteiger partial charge in [-0.1, -0.05) is 18.2 Å². The topological polar surface area (TPSA) is 69.3 Å². The predicted molar refractivity (Wildman–Crippen MR) is 113 cm³/mol. The number of rotatable bonds is 7. The molecule has 1 aliphatic heterocycles. The molecule has 154 valence electrons. The Kier molecular flexibility index (Phi) is 6.31. The smallest absolute Gasteiger partial charge is 0.168 e. The van der Waals surface area contributed by atoms with Crippen LogP contribution in [-0.2, 0) is 17.6 Å². The summed E-state index contributed by atoms with van der Waals surface area (Å²) in [5, 5.41) is 13.8. The van der Waals surface area contributed by atoms with E-state index in [1.54, 1.807) is 31.4 Å². The Morgan fingerprint density at radius 3 is 2.67 bits per heavy atom. The van der Waals surface area contributed by atoms with Crippen molar-refractivity contribution in [2.45, 2.75) is 38.3 Å². The quantitative estimate of drug-likeness (QED) is 0.553. The SMILES string of the molecule is COc1ccccc1CCc1nn([C@H]2CCCCO2)cc1Oc1ccc(C#N)cc1. The van der Waals surface area contributed by atoms with Crippen LogP contribution in [0.5, 0.6) is 17.2 Å². The normalized spacial score (nSPS) is 16.1. The van der Waals surface area contributed by atoms with Gasteiger partial charge in [-0.15, -0.1) is 0 Å². The lowest BCUT2D eigenvalue weighted by molar-refractivity contribution is -0.0397. The van der Waals surface area contributed by atoms with Gasteiger partial charge in [0.15, 0.2) is 5.75 Å². The van der Waals surface area contributed by atoms with Gasteiger partial charge in [0.1, 0.15) is 23.4 Å². The molecule has 1 aromatic heterocycles. The number of aromatic nitrogens is 2. The summed E-state index contributed by atoms with van der Waals surface area (Å²) in [5.74, 6) is 2.27. The van der Waals surface area contributed by atoms with Crippen LogP contribution >= 0.6 is 0 Å². The molecule has 4 rings (SSSR count). The highest BCUT2D eigenvalue weighted by atomic mass is 16.5. The molecule has 1 aliphatic rings. The number of aryl methyl sites for hydroxylation is 2. The summed E-state index contributed by atoms with van der Waals surface area (Å²) in [7, 11) is 1.69. The molecule has 0 bridgehead atoms. The first-order chi connectivity index (χ1) is 14.8. The van der Waals surface area contributed by atoms with Crippen LogP contribution in [0.25, 0.3) is 0 Å². The van der Waals surface area contributed by atoms with E-state index in [0.717, 1.165) is 49.3 Å². The Balaban J connectivity index is 1.57. The van der Waals surface area contributed by atoms with Crippen molar-refractivity contribution in [3.63, 3.8) is 0 Å². The van der Waals surface area contributed by atoms with Gasteiger partial charge in [-0.3, -0.25) is 0 Å². The van der Waals surface area contributed by atoms with E-state index in [4.69, 9.17) is 24.6 Å². The summed E-state index contributed by atoms with van der Waals surface area (Å²) >= 11 is 0. The minimum atomic E-state index is -0.0536. The van der Waals surface area contributed by atoms with Crippen molar-refractivity contribution in [1.29, 1.82) is 5.26 Å². The maximum absolute atomic E-state index is 9.00. The fourth-order valence-corrected chi connectivity index (χ4v) is 3.64. The van der Waals surface area contributed by atoms with Crippen molar-refractivity contribution in [1.82, 2.24) is 9.78 Å². The van der Waals surface area contributed by atoms with Gasteiger partial charge >= 0.3 is 0 Å². The Hall–Kier alpha value is -3.30. The van der Waals surface area contributed by atoms with Gasteiger partial charge < -0.3 is 14.2 Å². The first kappa shape index (κ1) is 20.0. The van der Waals surface area contributed by atoms with E-state index in [-0.39, 0.29) is 6.23 Å². The van der Waals surface area contributed by atoms with Crippen molar-refractivity contribution >= 4 is 0 Å². The largest absolute Gasteiger partial charge is 0.496 e. The third kappa shape index (κ3) is 4.64. The molecule has 1 saturated heterocycles. The minimum absolute atomic E-state index is 0.0536. The molecule has 6 heteroatoms. The summed E-state index contributed by atoms with van der Waals surface area (Å²) in [6, 6.07) is 17.3. The average molecular weight is 403 g/mol. The van der Waals surface area contributed by atoms with Crippen LogP contribution in [0.4, 0.5) is 0 Å². The standard InChI is InChI=1S/C24H25N3O3/c1-28-22-7-3-2-6-19(22)11-14-21-23(30-20-12-9-18(16-25)10-13-20)17-27(26-21)24-8-4-5-15-29-24/h2-3,6-7,9-10,12-13,17,24H,4-5,8,11,14-15H2,1H3/t24-/m1/s1. The zero-order valence-corrected chi connectivity index (χ0v) is 17.1. The highest BCUT2D eigenvalue weighted by Crippen LogP contribution is 2.31. The molecule has 0 radical (unpaired) electrons. The van der Waals surface area contributed by atoms with E-state index in [2.05, 4.69) is 12.1 Å². The summed E-state index contributed by atoms with van der Waals surface area (Å²) in [5.41, 5.74) is 2.61. The van der Waals surface area contributed by atoms with E-state index in [0.29, 0.717) is 23.5 Å². The lowest BCUT2D eigenvalue weighted by Crippen LogP contribution is -2.18. The summed E-state index contributed by atoms with van der Waals surface area (Å²) in [6.45, 7) is 0.757. The maximum Gasteiger partial charge on any atom is 0.168 e. The van der Waals surface area contributed by atoms with E-state index in [9.17, 15) is 0 Å². The number of hydrogen-bond acceptors (Lipinski definition) is 5. The molecular weight excluding hydrogens is 378 g/mol. The monoisotopic (exact) mass is 403 g/mol. The lowest BCUT2D eigenvalue weighted by Gasteiger charge is -2.22. The second kappa shape index (κ2) is 9.47. The van der Waals surface area contributed by atoms with Crippen LogP contribution in [0.2, 0.25) is 0 Å². The molecule has 0 unspecified atom stereocenters. The van der Waals surface area contributed by atoms with Gasteiger partial charge in [0.05, 0.1) is 24.9 Å². The van der Waals surface area contributed by atoms with Gasteiger partial charge in [0, 0.05) is 6.61 Å². The molecule has 0 saturated carbocycles. The molecule has 1 atom stereocenters. The molecular formula is C24H25N3O3. The van der Waals surface area contributed by atoms with Crippen molar-refractivity contribution < 1.29 is 14.2 Å². The number of nitrogens with zero attached hydrogens (tertiary/aromatic N) is 3. The van der Waals surface area contributed by atoms with Gasteiger partial charge in [0.25, 0.3) is 0 Å². The van der Waals surface area contributed by atoms with Crippen LogP contribution in [0.3, 0.4) is 0 Å². The van der Waals surface area contributed by atoms with Crippen molar-refractivity contribution in [3.05, 3.63) is 71.5 Å². The van der Waals surface area contributed by atoms with Gasteiger partial charge in [-0.2, -0.15) is 10.4 Å². The van der Waals surface area contributed by atoms with Crippen LogP contribution < -0.4 is 9.47 Å². The van der Waals surface area contributed by atoms with Crippen molar-refractivity contribution in [2.75, 3.05) is 13.7 Å². The molecule has 0 spiro atoms. The van der Waals surface area contributed by atoms with E-state index in [1.165, 1.54) is 0 Å². The number of nitriles is 1. The predicted octanol–water partition coefficient (Wildman–Crippen LogP) is 5.04. The van der Waals surface area contributed by atoms with Crippen molar-refractivity contribution in [3.8, 4) is 23.3 Å². The number of benzene rings is 2. The van der Waals surface area contributed by atoms with Crippen LogP contribution in [0.15, 0.2) is 54.7 Å². The average Bonchev–Trinajstić information content (AvgIpc) is 3.21. The zero-order chi connectivity index (χ0) is 20.8. The van der Waals surface area contributed by atoms with Gasteiger partial charge in [0.2, 0.25) is 0 Å². The molecule has 0 amide bonds. The van der Waals surface area contributed by atoms with Gasteiger partial charge in [-0.25, -0.2) is 4.68 Å².